The highest BCUT2D eigenvalue weighted by Gasteiger charge is 2.22. The molecule has 1 aliphatic heterocycles. The van der Waals surface area contributed by atoms with Crippen LogP contribution in [0.2, 0.25) is 0 Å². The second-order valence-corrected chi connectivity index (χ2v) is 5.60. The number of carbonyl (C=O) groups is 1. The van der Waals surface area contributed by atoms with Crippen molar-refractivity contribution in [1.29, 1.82) is 0 Å². The summed E-state index contributed by atoms with van der Waals surface area (Å²) in [6.07, 6.45) is 3.36. The molecule has 0 unspecified atom stereocenters. The maximum atomic E-state index is 12.2. The summed E-state index contributed by atoms with van der Waals surface area (Å²) in [5.41, 5.74) is 1.35. The molecular formula is C16H18F2N4O2. The molecule has 0 radical (unpaired) electrons. The normalized spacial score (nSPS) is 17.8. The van der Waals surface area contributed by atoms with Gasteiger partial charge in [-0.3, -0.25) is 9.89 Å². The number of aromatic nitrogens is 2. The molecule has 6 nitrogen and oxygen atoms in total. The van der Waals surface area contributed by atoms with Gasteiger partial charge in [0.05, 0.1) is 0 Å². The van der Waals surface area contributed by atoms with Crippen molar-refractivity contribution < 1.29 is 18.3 Å². The highest BCUT2D eigenvalue weighted by Crippen LogP contribution is 2.24. The van der Waals surface area contributed by atoms with E-state index in [0.29, 0.717) is 12.2 Å². The third kappa shape index (κ3) is 4.01. The molecule has 1 saturated heterocycles. The van der Waals surface area contributed by atoms with E-state index in [9.17, 15) is 13.6 Å². The van der Waals surface area contributed by atoms with Crippen LogP contribution in [-0.4, -0.2) is 41.8 Å². The Balaban J connectivity index is 1.59. The lowest BCUT2D eigenvalue weighted by molar-refractivity contribution is -0.0498. The fourth-order valence-electron chi connectivity index (χ4n) is 2.81. The number of aromatic amines is 1. The van der Waals surface area contributed by atoms with E-state index in [1.807, 2.05) is 0 Å². The summed E-state index contributed by atoms with van der Waals surface area (Å²) >= 11 is 0. The average Bonchev–Trinajstić information content (AvgIpc) is 3.10. The molecule has 2 N–H and O–H groups in total. The van der Waals surface area contributed by atoms with E-state index in [1.165, 1.54) is 18.3 Å². The molecule has 0 saturated carbocycles. The minimum absolute atomic E-state index is 0.0199. The van der Waals surface area contributed by atoms with Crippen LogP contribution in [0.25, 0.3) is 0 Å². The second kappa shape index (κ2) is 7.29. The largest absolute Gasteiger partial charge is 0.435 e. The van der Waals surface area contributed by atoms with Gasteiger partial charge in [0.1, 0.15) is 11.4 Å². The number of halogens is 2. The van der Waals surface area contributed by atoms with Gasteiger partial charge in [0, 0.05) is 31.0 Å². The van der Waals surface area contributed by atoms with Crippen molar-refractivity contribution in [2.75, 3.05) is 18.0 Å². The summed E-state index contributed by atoms with van der Waals surface area (Å²) in [5, 5.41) is 9.39. The van der Waals surface area contributed by atoms with Gasteiger partial charge >= 0.3 is 6.61 Å². The first-order valence-corrected chi connectivity index (χ1v) is 7.72. The number of anilines is 1. The van der Waals surface area contributed by atoms with E-state index in [0.717, 1.165) is 25.1 Å². The summed E-state index contributed by atoms with van der Waals surface area (Å²) < 4.78 is 28.7. The van der Waals surface area contributed by atoms with E-state index < -0.39 is 6.61 Å². The Labute approximate surface area is 137 Å². The van der Waals surface area contributed by atoms with E-state index in [2.05, 4.69) is 25.2 Å². The number of piperidine rings is 1. The van der Waals surface area contributed by atoms with E-state index >= 15 is 0 Å². The minimum Gasteiger partial charge on any atom is -0.435 e. The quantitative estimate of drug-likeness (QED) is 0.880. The van der Waals surface area contributed by atoms with Crippen LogP contribution < -0.4 is 15.0 Å². The van der Waals surface area contributed by atoms with Crippen LogP contribution in [0.5, 0.6) is 5.75 Å². The summed E-state index contributed by atoms with van der Waals surface area (Å²) in [4.78, 5) is 14.2. The fraction of sp³-hybridized carbons (Fsp3) is 0.375. The van der Waals surface area contributed by atoms with Gasteiger partial charge in [-0.2, -0.15) is 13.9 Å². The Morgan fingerprint density at radius 3 is 2.79 bits per heavy atom. The molecule has 1 aromatic heterocycles. The van der Waals surface area contributed by atoms with Crippen LogP contribution in [0.4, 0.5) is 14.5 Å². The third-order valence-corrected chi connectivity index (χ3v) is 3.93. The number of benzene rings is 1. The number of rotatable bonds is 5. The average molecular weight is 336 g/mol. The lowest BCUT2D eigenvalue weighted by atomic mass is 10.0. The third-order valence-electron chi connectivity index (χ3n) is 3.93. The van der Waals surface area contributed by atoms with E-state index in [4.69, 9.17) is 0 Å². The molecule has 1 aliphatic rings. The van der Waals surface area contributed by atoms with Crippen LogP contribution in [0.1, 0.15) is 23.3 Å². The van der Waals surface area contributed by atoms with Crippen molar-refractivity contribution in [2.24, 2.45) is 0 Å². The lowest BCUT2D eigenvalue weighted by Crippen LogP contribution is -2.47. The molecule has 0 bridgehead atoms. The number of nitrogens with zero attached hydrogens (tertiary/aromatic N) is 2. The SMILES string of the molecule is O=C(N[C@@H]1CCCN(c2ccc(OC(F)F)cc2)C1)c1ccn[nH]1. The molecule has 1 fully saturated rings. The first-order chi connectivity index (χ1) is 11.6. The molecule has 24 heavy (non-hydrogen) atoms. The smallest absolute Gasteiger partial charge is 0.387 e. The number of amides is 1. The maximum Gasteiger partial charge on any atom is 0.387 e. The van der Waals surface area contributed by atoms with Crippen LogP contribution in [-0.2, 0) is 0 Å². The molecule has 2 heterocycles. The lowest BCUT2D eigenvalue weighted by Gasteiger charge is -2.34. The predicted octanol–water partition coefficient (Wildman–Crippen LogP) is 2.41. The molecule has 1 atom stereocenters. The predicted molar refractivity (Wildman–Crippen MR) is 84.4 cm³/mol. The van der Waals surface area contributed by atoms with Crippen LogP contribution in [0, 0.1) is 0 Å². The zero-order chi connectivity index (χ0) is 16.9. The molecule has 8 heteroatoms. The van der Waals surface area contributed by atoms with Gasteiger partial charge in [-0.1, -0.05) is 0 Å². The van der Waals surface area contributed by atoms with Gasteiger partial charge in [-0.25, -0.2) is 0 Å². The molecule has 3 rings (SSSR count). The summed E-state index contributed by atoms with van der Waals surface area (Å²) in [6, 6.07) is 8.18. The van der Waals surface area contributed by atoms with Crippen molar-refractivity contribution >= 4 is 11.6 Å². The summed E-state index contributed by atoms with van der Waals surface area (Å²) in [5.74, 6) is -0.0464. The molecule has 0 aliphatic carbocycles. The molecule has 0 spiro atoms. The Bertz CT molecular complexity index is 661. The number of hydrogen-bond acceptors (Lipinski definition) is 4. The second-order valence-electron chi connectivity index (χ2n) is 5.60. The van der Waals surface area contributed by atoms with Crippen molar-refractivity contribution in [1.82, 2.24) is 15.5 Å². The van der Waals surface area contributed by atoms with E-state index in [-0.39, 0.29) is 17.7 Å². The molecular weight excluding hydrogens is 318 g/mol. The van der Waals surface area contributed by atoms with Crippen LogP contribution in [0.15, 0.2) is 36.5 Å². The first-order valence-electron chi connectivity index (χ1n) is 7.72. The fourth-order valence-corrected chi connectivity index (χ4v) is 2.81. The summed E-state index contributed by atoms with van der Waals surface area (Å²) in [6.45, 7) is -1.31. The maximum absolute atomic E-state index is 12.2. The Morgan fingerprint density at radius 1 is 1.33 bits per heavy atom. The van der Waals surface area contributed by atoms with Crippen LogP contribution >= 0.6 is 0 Å². The van der Waals surface area contributed by atoms with Gasteiger partial charge in [0.15, 0.2) is 0 Å². The number of ether oxygens (including phenoxy) is 1. The highest BCUT2D eigenvalue weighted by atomic mass is 19.3. The molecule has 2 aromatic rings. The highest BCUT2D eigenvalue weighted by molar-refractivity contribution is 5.92. The van der Waals surface area contributed by atoms with Gasteiger partial charge in [0.25, 0.3) is 5.91 Å². The van der Waals surface area contributed by atoms with Gasteiger partial charge < -0.3 is 15.0 Å². The Hall–Kier alpha value is -2.64. The topological polar surface area (TPSA) is 70.2 Å². The van der Waals surface area contributed by atoms with Gasteiger partial charge in [0.2, 0.25) is 0 Å². The number of carbonyl (C=O) groups excluding carboxylic acids is 1. The van der Waals surface area contributed by atoms with Crippen LogP contribution in [0.3, 0.4) is 0 Å². The standard InChI is InChI=1S/C16H18F2N4O2/c17-16(18)24-13-5-3-12(4-6-13)22-9-1-2-11(10-22)20-15(23)14-7-8-19-21-14/h3-8,11,16H,1-2,9-10H2,(H,19,21)(H,20,23)/t11-/m1/s1. The van der Waals surface area contributed by atoms with Gasteiger partial charge in [-0.15, -0.1) is 0 Å². The number of hydrogen-bond donors (Lipinski definition) is 2. The van der Waals surface area contributed by atoms with Crippen molar-refractivity contribution in [3.63, 3.8) is 0 Å². The molecule has 1 amide bonds. The monoisotopic (exact) mass is 336 g/mol. The van der Waals surface area contributed by atoms with Crippen molar-refractivity contribution in [3.8, 4) is 5.75 Å². The van der Waals surface area contributed by atoms with E-state index in [1.54, 1.807) is 18.2 Å². The first kappa shape index (κ1) is 16.2. The molecule has 1 aromatic carbocycles. The van der Waals surface area contributed by atoms with Gasteiger partial charge in [-0.05, 0) is 43.2 Å². The Morgan fingerprint density at radius 2 is 2.12 bits per heavy atom. The number of alkyl halides is 2. The summed E-state index contributed by atoms with van der Waals surface area (Å²) in [7, 11) is 0. The number of H-pyrrole nitrogens is 1. The zero-order valence-electron chi connectivity index (χ0n) is 12.9. The number of nitrogens with one attached hydrogen (secondary N) is 2. The minimum atomic E-state index is -2.83. The zero-order valence-corrected chi connectivity index (χ0v) is 12.9. The molecule has 128 valence electrons. The van der Waals surface area contributed by atoms with Crippen molar-refractivity contribution in [3.05, 3.63) is 42.2 Å². The van der Waals surface area contributed by atoms with Crippen molar-refractivity contribution in [2.45, 2.75) is 25.5 Å². The Kier molecular flexibility index (Phi) is 4.93.